The summed E-state index contributed by atoms with van der Waals surface area (Å²) in [6, 6.07) is 0. The van der Waals surface area contributed by atoms with Gasteiger partial charge in [0.15, 0.2) is 0 Å². The second-order valence-electron chi connectivity index (χ2n) is 5.79. The standard InChI is InChI=1S/C12H25N5O2/c1-12(17(18)19,10-13-2-4-15-6-7-15)11-14-3-5-16-8-9-16/h13-14H,2-11H2,1H3. The van der Waals surface area contributed by atoms with Crippen molar-refractivity contribution < 1.29 is 4.92 Å². The van der Waals surface area contributed by atoms with Gasteiger partial charge in [0.25, 0.3) is 0 Å². The fraction of sp³-hybridized carbons (Fsp3) is 1.00. The Morgan fingerprint density at radius 2 is 1.47 bits per heavy atom. The fourth-order valence-electron chi connectivity index (χ4n) is 1.97. The van der Waals surface area contributed by atoms with Gasteiger partial charge in [-0.05, 0) is 0 Å². The highest BCUT2D eigenvalue weighted by molar-refractivity contribution is 4.81. The summed E-state index contributed by atoms with van der Waals surface area (Å²) in [4.78, 5) is 15.7. The van der Waals surface area contributed by atoms with Crippen molar-refractivity contribution in [3.05, 3.63) is 10.1 Å². The maximum atomic E-state index is 11.2. The van der Waals surface area contributed by atoms with E-state index < -0.39 is 5.54 Å². The highest BCUT2D eigenvalue weighted by Gasteiger charge is 2.36. The van der Waals surface area contributed by atoms with Crippen LogP contribution in [-0.4, -0.2) is 85.7 Å². The molecule has 2 aliphatic heterocycles. The first-order valence-corrected chi connectivity index (χ1v) is 7.11. The number of nitrogens with zero attached hydrogens (tertiary/aromatic N) is 3. The van der Waals surface area contributed by atoms with Crippen molar-refractivity contribution in [3.8, 4) is 0 Å². The first-order valence-electron chi connectivity index (χ1n) is 7.11. The third-order valence-electron chi connectivity index (χ3n) is 3.74. The molecular weight excluding hydrogens is 246 g/mol. The number of hydrogen-bond donors (Lipinski definition) is 2. The van der Waals surface area contributed by atoms with E-state index in [0.29, 0.717) is 13.1 Å². The maximum Gasteiger partial charge on any atom is 0.243 e. The van der Waals surface area contributed by atoms with Crippen LogP contribution in [0.4, 0.5) is 0 Å². The van der Waals surface area contributed by atoms with Gasteiger partial charge in [0.1, 0.15) is 0 Å². The SMILES string of the molecule is CC(CNCCN1CC1)(CNCCN1CC1)[N+](=O)[O-]. The third-order valence-corrected chi connectivity index (χ3v) is 3.74. The van der Waals surface area contributed by atoms with Gasteiger partial charge in [0.05, 0.1) is 13.1 Å². The van der Waals surface area contributed by atoms with Gasteiger partial charge < -0.3 is 10.6 Å². The summed E-state index contributed by atoms with van der Waals surface area (Å²) in [7, 11) is 0. The van der Waals surface area contributed by atoms with Gasteiger partial charge in [-0.15, -0.1) is 0 Å². The van der Waals surface area contributed by atoms with Gasteiger partial charge in [-0.3, -0.25) is 19.9 Å². The molecule has 0 radical (unpaired) electrons. The van der Waals surface area contributed by atoms with Crippen LogP contribution in [0.15, 0.2) is 0 Å². The van der Waals surface area contributed by atoms with Crippen LogP contribution in [0.3, 0.4) is 0 Å². The van der Waals surface area contributed by atoms with Crippen LogP contribution in [0.25, 0.3) is 0 Å². The van der Waals surface area contributed by atoms with Crippen LogP contribution in [0.5, 0.6) is 0 Å². The van der Waals surface area contributed by atoms with Crippen molar-refractivity contribution in [1.29, 1.82) is 0 Å². The van der Waals surface area contributed by atoms with Crippen LogP contribution in [-0.2, 0) is 0 Å². The van der Waals surface area contributed by atoms with E-state index in [2.05, 4.69) is 20.4 Å². The Morgan fingerprint density at radius 3 is 1.79 bits per heavy atom. The summed E-state index contributed by atoms with van der Waals surface area (Å²) in [5.41, 5.74) is -0.919. The van der Waals surface area contributed by atoms with Gasteiger partial charge in [-0.2, -0.15) is 0 Å². The zero-order valence-corrected chi connectivity index (χ0v) is 11.7. The summed E-state index contributed by atoms with van der Waals surface area (Å²) in [5.74, 6) is 0. The van der Waals surface area contributed by atoms with E-state index in [4.69, 9.17) is 0 Å². The lowest BCUT2D eigenvalue weighted by Crippen LogP contribution is -2.52. The van der Waals surface area contributed by atoms with Gasteiger partial charge in [0.2, 0.25) is 5.54 Å². The van der Waals surface area contributed by atoms with Gasteiger partial charge in [-0.1, -0.05) is 0 Å². The number of nitrogens with one attached hydrogen (secondary N) is 2. The van der Waals surface area contributed by atoms with Gasteiger partial charge >= 0.3 is 0 Å². The Morgan fingerprint density at radius 1 is 1.05 bits per heavy atom. The minimum absolute atomic E-state index is 0.165. The minimum Gasteiger partial charge on any atom is -0.309 e. The molecule has 0 aromatic heterocycles. The molecule has 110 valence electrons. The average Bonchev–Trinajstić information content (AvgIpc) is 3.25. The molecule has 0 aliphatic carbocycles. The van der Waals surface area contributed by atoms with E-state index in [9.17, 15) is 10.1 Å². The summed E-state index contributed by atoms with van der Waals surface area (Å²) in [5, 5.41) is 17.6. The highest BCUT2D eigenvalue weighted by Crippen LogP contribution is 2.07. The molecule has 19 heavy (non-hydrogen) atoms. The van der Waals surface area contributed by atoms with E-state index in [-0.39, 0.29) is 4.92 Å². The lowest BCUT2D eigenvalue weighted by molar-refractivity contribution is -0.560. The molecule has 7 nitrogen and oxygen atoms in total. The second kappa shape index (κ2) is 6.60. The molecule has 0 saturated carbocycles. The summed E-state index contributed by atoms with van der Waals surface area (Å²) >= 11 is 0. The Kier molecular flexibility index (Phi) is 5.09. The molecule has 0 aromatic rings. The predicted octanol–water partition coefficient (Wildman–Crippen LogP) is -1.17. The molecule has 2 aliphatic rings. The third kappa shape index (κ3) is 5.40. The van der Waals surface area contributed by atoms with Crippen LogP contribution < -0.4 is 10.6 Å². The monoisotopic (exact) mass is 271 g/mol. The predicted molar refractivity (Wildman–Crippen MR) is 74.0 cm³/mol. The Hall–Kier alpha value is -0.760. The highest BCUT2D eigenvalue weighted by atomic mass is 16.6. The Balaban J connectivity index is 1.60. The summed E-state index contributed by atoms with van der Waals surface area (Å²) < 4.78 is 0. The van der Waals surface area contributed by atoms with Gasteiger partial charge in [-0.25, -0.2) is 0 Å². The van der Waals surface area contributed by atoms with Crippen LogP contribution in [0, 0.1) is 10.1 Å². The molecule has 0 atom stereocenters. The van der Waals surface area contributed by atoms with Crippen molar-refractivity contribution >= 4 is 0 Å². The van der Waals surface area contributed by atoms with E-state index >= 15 is 0 Å². The van der Waals surface area contributed by atoms with E-state index in [1.807, 2.05) is 0 Å². The number of rotatable bonds is 11. The normalized spacial score (nSPS) is 19.6. The molecular formula is C12H25N5O2. The largest absolute Gasteiger partial charge is 0.309 e. The first-order chi connectivity index (χ1) is 9.10. The summed E-state index contributed by atoms with van der Waals surface area (Å²) in [6.45, 7) is 10.9. The van der Waals surface area contributed by atoms with Crippen molar-refractivity contribution in [1.82, 2.24) is 20.4 Å². The zero-order valence-electron chi connectivity index (χ0n) is 11.7. The molecule has 0 aromatic carbocycles. The van der Waals surface area contributed by atoms with E-state index in [0.717, 1.165) is 26.2 Å². The fourth-order valence-corrected chi connectivity index (χ4v) is 1.97. The molecule has 7 heteroatoms. The number of hydrogen-bond acceptors (Lipinski definition) is 6. The molecule has 0 amide bonds. The lowest BCUT2D eigenvalue weighted by Gasteiger charge is -2.22. The second-order valence-corrected chi connectivity index (χ2v) is 5.79. The topological polar surface area (TPSA) is 73.2 Å². The van der Waals surface area contributed by atoms with Crippen LogP contribution in [0.1, 0.15) is 6.92 Å². The summed E-state index contributed by atoms with van der Waals surface area (Å²) in [6.07, 6.45) is 0. The lowest BCUT2D eigenvalue weighted by atomic mass is 10.0. The number of nitro groups is 1. The molecule has 2 fully saturated rings. The van der Waals surface area contributed by atoms with Crippen molar-refractivity contribution in [2.45, 2.75) is 12.5 Å². The molecule has 2 saturated heterocycles. The maximum absolute atomic E-state index is 11.2. The van der Waals surface area contributed by atoms with Crippen molar-refractivity contribution in [3.63, 3.8) is 0 Å². The van der Waals surface area contributed by atoms with E-state index in [1.165, 1.54) is 26.2 Å². The molecule has 0 spiro atoms. The Labute approximate surface area is 114 Å². The minimum atomic E-state index is -0.919. The first kappa shape index (κ1) is 14.6. The van der Waals surface area contributed by atoms with Crippen LogP contribution >= 0.6 is 0 Å². The van der Waals surface area contributed by atoms with E-state index in [1.54, 1.807) is 6.92 Å². The smallest absolute Gasteiger partial charge is 0.243 e. The zero-order chi connectivity index (χ0) is 13.7. The van der Waals surface area contributed by atoms with Crippen molar-refractivity contribution in [2.75, 3.05) is 65.4 Å². The molecule has 2 heterocycles. The molecule has 2 N–H and O–H groups in total. The molecule has 0 unspecified atom stereocenters. The molecule has 2 rings (SSSR count). The van der Waals surface area contributed by atoms with Crippen molar-refractivity contribution in [2.24, 2.45) is 0 Å². The van der Waals surface area contributed by atoms with Gasteiger partial charge in [0, 0.05) is 64.2 Å². The van der Waals surface area contributed by atoms with Crippen LogP contribution in [0.2, 0.25) is 0 Å². The molecule has 0 bridgehead atoms. The quantitative estimate of drug-likeness (QED) is 0.214. The Bertz CT molecular complexity index is 284. The average molecular weight is 271 g/mol.